The van der Waals surface area contributed by atoms with Crippen molar-refractivity contribution >= 4 is 34.8 Å². The highest BCUT2D eigenvalue weighted by Crippen LogP contribution is 2.29. The quantitative estimate of drug-likeness (QED) is 0.576. The number of nitrogens with one attached hydrogen (secondary N) is 2. The smallest absolute Gasteiger partial charge is 0.280 e. The SMILES string of the molecule is C/C(=N/NC(=O)[C@H](C)Oc1c(C)cc(Cl)cc1C)c1ccc2c(c1)NC(=O)CO2. The fraction of sp³-hybridized carbons (Fsp3) is 0.286. The van der Waals surface area contributed by atoms with Gasteiger partial charge in [-0.2, -0.15) is 5.10 Å². The molecule has 152 valence electrons. The van der Waals surface area contributed by atoms with E-state index in [2.05, 4.69) is 15.8 Å². The minimum absolute atomic E-state index is 0.0000674. The van der Waals surface area contributed by atoms with Gasteiger partial charge < -0.3 is 14.8 Å². The van der Waals surface area contributed by atoms with Crippen LogP contribution in [0.5, 0.6) is 11.5 Å². The van der Waals surface area contributed by atoms with E-state index in [9.17, 15) is 9.59 Å². The average molecular weight is 416 g/mol. The second-order valence-electron chi connectivity index (χ2n) is 6.85. The summed E-state index contributed by atoms with van der Waals surface area (Å²) in [5, 5.41) is 7.51. The molecule has 0 saturated heterocycles. The molecule has 2 aromatic rings. The van der Waals surface area contributed by atoms with Crippen LogP contribution in [0.25, 0.3) is 0 Å². The van der Waals surface area contributed by atoms with Gasteiger partial charge in [0.1, 0.15) is 11.5 Å². The number of hydrazone groups is 1. The van der Waals surface area contributed by atoms with Crippen LogP contribution in [0.4, 0.5) is 5.69 Å². The van der Waals surface area contributed by atoms with Crippen molar-refractivity contribution in [2.45, 2.75) is 33.8 Å². The number of aryl methyl sites for hydroxylation is 2. The van der Waals surface area contributed by atoms with Crippen LogP contribution in [0.15, 0.2) is 35.4 Å². The van der Waals surface area contributed by atoms with E-state index in [0.717, 1.165) is 16.7 Å². The lowest BCUT2D eigenvalue weighted by molar-refractivity contribution is -0.127. The largest absolute Gasteiger partial charge is 0.482 e. The Morgan fingerprint density at radius 3 is 2.66 bits per heavy atom. The first kappa shape index (κ1) is 20.7. The summed E-state index contributed by atoms with van der Waals surface area (Å²) < 4.78 is 11.1. The maximum Gasteiger partial charge on any atom is 0.280 e. The van der Waals surface area contributed by atoms with Gasteiger partial charge in [0.15, 0.2) is 12.7 Å². The topological polar surface area (TPSA) is 89.0 Å². The molecule has 3 rings (SSSR count). The molecule has 0 fully saturated rings. The molecule has 1 atom stereocenters. The van der Waals surface area contributed by atoms with E-state index in [4.69, 9.17) is 21.1 Å². The summed E-state index contributed by atoms with van der Waals surface area (Å²) in [4.78, 5) is 23.9. The zero-order valence-electron chi connectivity index (χ0n) is 16.6. The van der Waals surface area contributed by atoms with Crippen LogP contribution in [-0.4, -0.2) is 30.2 Å². The van der Waals surface area contributed by atoms with Crippen LogP contribution >= 0.6 is 11.6 Å². The molecular weight excluding hydrogens is 394 g/mol. The Labute approximate surface area is 174 Å². The van der Waals surface area contributed by atoms with E-state index in [1.165, 1.54) is 0 Å². The van der Waals surface area contributed by atoms with Crippen molar-refractivity contribution in [3.63, 3.8) is 0 Å². The van der Waals surface area contributed by atoms with Crippen molar-refractivity contribution in [3.8, 4) is 11.5 Å². The third kappa shape index (κ3) is 4.86. The van der Waals surface area contributed by atoms with Crippen LogP contribution in [-0.2, 0) is 9.59 Å². The van der Waals surface area contributed by atoms with Crippen molar-refractivity contribution in [1.29, 1.82) is 0 Å². The molecule has 2 aromatic carbocycles. The summed E-state index contributed by atoms with van der Waals surface area (Å²) in [7, 11) is 0. The molecule has 7 nitrogen and oxygen atoms in total. The predicted molar refractivity (Wildman–Crippen MR) is 112 cm³/mol. The van der Waals surface area contributed by atoms with Crippen molar-refractivity contribution in [2.75, 3.05) is 11.9 Å². The Morgan fingerprint density at radius 1 is 1.28 bits per heavy atom. The minimum Gasteiger partial charge on any atom is -0.482 e. The molecule has 0 aromatic heterocycles. The van der Waals surface area contributed by atoms with Gasteiger partial charge in [-0.1, -0.05) is 11.6 Å². The summed E-state index contributed by atoms with van der Waals surface area (Å²) in [6.07, 6.45) is -0.749. The molecule has 0 bridgehead atoms. The predicted octanol–water partition coefficient (Wildman–Crippen LogP) is 3.60. The van der Waals surface area contributed by atoms with Gasteiger partial charge in [0, 0.05) is 5.02 Å². The minimum atomic E-state index is -0.749. The maximum atomic E-state index is 12.4. The van der Waals surface area contributed by atoms with E-state index < -0.39 is 6.10 Å². The second kappa shape index (κ2) is 8.53. The number of fused-ring (bicyclic) bond motifs is 1. The molecule has 1 aliphatic heterocycles. The molecular formula is C21H22ClN3O4. The summed E-state index contributed by atoms with van der Waals surface area (Å²) in [5.74, 6) is 0.632. The second-order valence-corrected chi connectivity index (χ2v) is 7.29. The van der Waals surface area contributed by atoms with Gasteiger partial charge in [-0.25, -0.2) is 5.43 Å². The van der Waals surface area contributed by atoms with Gasteiger partial charge in [0.25, 0.3) is 11.8 Å². The standard InChI is InChI=1S/C21H22ClN3O4/c1-11-7-16(22)8-12(2)20(11)29-14(4)21(27)25-24-13(3)15-5-6-18-17(9-15)23-19(26)10-28-18/h5-9,14H,10H2,1-4H3,(H,23,26)(H,25,27)/b24-13-/t14-/m0/s1. The first-order chi connectivity index (χ1) is 13.7. The molecule has 1 heterocycles. The van der Waals surface area contributed by atoms with E-state index in [-0.39, 0.29) is 18.4 Å². The van der Waals surface area contributed by atoms with Gasteiger partial charge >= 0.3 is 0 Å². The number of hydrogen-bond donors (Lipinski definition) is 2. The van der Waals surface area contributed by atoms with E-state index in [1.54, 1.807) is 38.1 Å². The third-order valence-corrected chi connectivity index (χ3v) is 4.67. The zero-order chi connectivity index (χ0) is 21.1. The number of ether oxygens (including phenoxy) is 2. The van der Waals surface area contributed by atoms with Crippen LogP contribution in [0, 0.1) is 13.8 Å². The van der Waals surface area contributed by atoms with Crippen molar-refractivity contribution in [2.24, 2.45) is 5.10 Å². The van der Waals surface area contributed by atoms with Gasteiger partial charge in [-0.15, -0.1) is 0 Å². The monoisotopic (exact) mass is 415 g/mol. The third-order valence-electron chi connectivity index (χ3n) is 4.45. The first-order valence-corrected chi connectivity index (χ1v) is 9.47. The molecule has 0 aliphatic carbocycles. The number of nitrogens with zero attached hydrogens (tertiary/aromatic N) is 1. The van der Waals surface area contributed by atoms with Crippen LogP contribution in [0.3, 0.4) is 0 Å². The van der Waals surface area contributed by atoms with Gasteiger partial charge in [-0.3, -0.25) is 9.59 Å². The number of carbonyl (C=O) groups is 2. The van der Waals surface area contributed by atoms with Crippen LogP contribution < -0.4 is 20.2 Å². The highest BCUT2D eigenvalue weighted by molar-refractivity contribution is 6.30. The van der Waals surface area contributed by atoms with Crippen LogP contribution in [0.2, 0.25) is 5.02 Å². The first-order valence-electron chi connectivity index (χ1n) is 9.09. The van der Waals surface area contributed by atoms with E-state index in [1.807, 2.05) is 19.9 Å². The number of rotatable bonds is 5. The summed E-state index contributed by atoms with van der Waals surface area (Å²) in [6, 6.07) is 8.88. The lowest BCUT2D eigenvalue weighted by atomic mass is 10.1. The van der Waals surface area contributed by atoms with Crippen molar-refractivity contribution in [1.82, 2.24) is 5.43 Å². The Hall–Kier alpha value is -3.06. The Morgan fingerprint density at radius 2 is 1.97 bits per heavy atom. The number of carbonyl (C=O) groups excluding carboxylic acids is 2. The molecule has 0 radical (unpaired) electrons. The molecule has 8 heteroatoms. The maximum absolute atomic E-state index is 12.4. The van der Waals surface area contributed by atoms with Gasteiger partial charge in [0.2, 0.25) is 0 Å². The van der Waals surface area contributed by atoms with Crippen molar-refractivity contribution < 1.29 is 19.1 Å². The molecule has 2 N–H and O–H groups in total. The number of benzene rings is 2. The Balaban J connectivity index is 1.67. The van der Waals surface area contributed by atoms with E-state index >= 15 is 0 Å². The molecule has 1 aliphatic rings. The van der Waals surface area contributed by atoms with Gasteiger partial charge in [0.05, 0.1) is 11.4 Å². The fourth-order valence-electron chi connectivity index (χ4n) is 2.92. The Bertz CT molecular complexity index is 980. The highest BCUT2D eigenvalue weighted by Gasteiger charge is 2.18. The van der Waals surface area contributed by atoms with E-state index in [0.29, 0.717) is 27.9 Å². The number of hydrogen-bond acceptors (Lipinski definition) is 5. The number of anilines is 1. The Kier molecular flexibility index (Phi) is 6.08. The average Bonchev–Trinajstić information content (AvgIpc) is 2.67. The van der Waals surface area contributed by atoms with Crippen LogP contribution in [0.1, 0.15) is 30.5 Å². The highest BCUT2D eigenvalue weighted by atomic mass is 35.5. The fourth-order valence-corrected chi connectivity index (χ4v) is 3.24. The van der Waals surface area contributed by atoms with Crippen molar-refractivity contribution in [3.05, 3.63) is 52.0 Å². The number of halogens is 1. The molecule has 0 unspecified atom stereocenters. The summed E-state index contributed by atoms with van der Waals surface area (Å²) in [5.41, 5.74) is 6.12. The zero-order valence-corrected chi connectivity index (χ0v) is 17.4. The molecule has 29 heavy (non-hydrogen) atoms. The number of amides is 2. The van der Waals surface area contributed by atoms with Gasteiger partial charge in [-0.05, 0) is 74.7 Å². The molecule has 0 saturated carbocycles. The lowest BCUT2D eigenvalue weighted by Gasteiger charge is -2.19. The normalized spacial score (nSPS) is 14.4. The lowest BCUT2D eigenvalue weighted by Crippen LogP contribution is -2.34. The summed E-state index contributed by atoms with van der Waals surface area (Å²) >= 11 is 6.03. The summed E-state index contributed by atoms with van der Waals surface area (Å²) in [6.45, 7) is 7.16. The molecule has 2 amide bonds. The molecule has 0 spiro atoms.